The summed E-state index contributed by atoms with van der Waals surface area (Å²) in [5.41, 5.74) is 1.35. The van der Waals surface area contributed by atoms with Gasteiger partial charge in [-0.15, -0.1) is 0 Å². The van der Waals surface area contributed by atoms with Crippen LogP contribution in [0.5, 0.6) is 0 Å². The van der Waals surface area contributed by atoms with Gasteiger partial charge in [-0.1, -0.05) is 25.1 Å². The molecule has 1 atom stereocenters. The molecular formula is C16H21N3O2S. The molecule has 1 amide bonds. The Bertz CT molecular complexity index is 608. The first-order valence-corrected chi connectivity index (χ1v) is 8.22. The van der Waals surface area contributed by atoms with E-state index in [0.717, 1.165) is 12.8 Å². The normalized spacial score (nSPS) is 11.6. The number of ketones is 1. The Labute approximate surface area is 135 Å². The van der Waals surface area contributed by atoms with E-state index in [4.69, 9.17) is 0 Å². The summed E-state index contributed by atoms with van der Waals surface area (Å²) < 4.78 is 0. The number of nitrogens with zero attached hydrogens (tertiary/aromatic N) is 2. The second kappa shape index (κ2) is 8.54. The molecule has 0 saturated carbocycles. The number of hydrogen-bond donors (Lipinski definition) is 1. The van der Waals surface area contributed by atoms with Gasteiger partial charge in [-0.25, -0.2) is 4.98 Å². The molecule has 0 saturated heterocycles. The predicted molar refractivity (Wildman–Crippen MR) is 86.9 cm³/mol. The highest BCUT2D eigenvalue weighted by atomic mass is 32.2. The molecule has 0 aliphatic carbocycles. The molecule has 1 aromatic rings. The van der Waals surface area contributed by atoms with Gasteiger partial charge in [-0.05, 0) is 33.3 Å². The third-order valence-electron chi connectivity index (χ3n) is 3.15. The van der Waals surface area contributed by atoms with Gasteiger partial charge in [0.05, 0.1) is 11.3 Å². The van der Waals surface area contributed by atoms with Crippen LogP contribution in [0.25, 0.3) is 0 Å². The van der Waals surface area contributed by atoms with E-state index in [1.165, 1.54) is 18.7 Å². The van der Waals surface area contributed by atoms with Crippen molar-refractivity contribution in [1.29, 1.82) is 5.26 Å². The summed E-state index contributed by atoms with van der Waals surface area (Å²) >= 11 is 1.22. The van der Waals surface area contributed by atoms with E-state index in [2.05, 4.69) is 17.2 Å². The van der Waals surface area contributed by atoms with Gasteiger partial charge in [0.1, 0.15) is 11.1 Å². The zero-order valence-electron chi connectivity index (χ0n) is 13.4. The molecule has 1 heterocycles. The molecule has 0 aliphatic rings. The number of hydrogen-bond acceptors (Lipinski definition) is 5. The summed E-state index contributed by atoms with van der Waals surface area (Å²) in [7, 11) is 0. The SMILES string of the molecule is CCCC(C)NC(=O)CSc1nc(C)c(C(C)=O)cc1C#N. The van der Waals surface area contributed by atoms with E-state index in [1.54, 1.807) is 13.0 Å². The quantitative estimate of drug-likeness (QED) is 0.617. The molecule has 0 bridgehead atoms. The first-order valence-electron chi connectivity index (χ1n) is 7.23. The van der Waals surface area contributed by atoms with Gasteiger partial charge < -0.3 is 5.32 Å². The monoisotopic (exact) mass is 319 g/mol. The number of aromatic nitrogens is 1. The second-order valence-electron chi connectivity index (χ2n) is 5.19. The minimum Gasteiger partial charge on any atom is -0.353 e. The Morgan fingerprint density at radius 1 is 1.50 bits per heavy atom. The molecule has 0 spiro atoms. The number of Topliss-reactive ketones (excluding diaryl/α,β-unsaturated/α-hetero) is 1. The molecule has 118 valence electrons. The Balaban J connectivity index is 2.78. The smallest absolute Gasteiger partial charge is 0.230 e. The van der Waals surface area contributed by atoms with Crippen LogP contribution in [0, 0.1) is 18.3 Å². The van der Waals surface area contributed by atoms with Gasteiger partial charge in [0, 0.05) is 17.3 Å². The maximum Gasteiger partial charge on any atom is 0.230 e. The van der Waals surface area contributed by atoms with Crippen LogP contribution in [0.1, 0.15) is 55.2 Å². The van der Waals surface area contributed by atoms with Crippen LogP contribution in [0.4, 0.5) is 0 Å². The van der Waals surface area contributed by atoms with E-state index in [9.17, 15) is 14.9 Å². The molecule has 1 N–H and O–H groups in total. The van der Waals surface area contributed by atoms with Gasteiger partial charge >= 0.3 is 0 Å². The zero-order valence-corrected chi connectivity index (χ0v) is 14.2. The van der Waals surface area contributed by atoms with Gasteiger partial charge in [0.2, 0.25) is 5.91 Å². The third kappa shape index (κ3) is 5.15. The molecular weight excluding hydrogens is 298 g/mol. The summed E-state index contributed by atoms with van der Waals surface area (Å²) in [4.78, 5) is 27.6. The molecule has 0 fully saturated rings. The van der Waals surface area contributed by atoms with E-state index in [0.29, 0.717) is 21.8 Å². The maximum atomic E-state index is 11.9. The minimum absolute atomic E-state index is 0.0788. The number of pyridine rings is 1. The molecule has 5 nitrogen and oxygen atoms in total. The Morgan fingerprint density at radius 2 is 2.18 bits per heavy atom. The van der Waals surface area contributed by atoms with Crippen molar-refractivity contribution in [1.82, 2.24) is 10.3 Å². The average molecular weight is 319 g/mol. The molecule has 1 rings (SSSR count). The highest BCUT2D eigenvalue weighted by Crippen LogP contribution is 2.23. The molecule has 0 aliphatic heterocycles. The van der Waals surface area contributed by atoms with Crippen molar-refractivity contribution in [3.05, 3.63) is 22.9 Å². The van der Waals surface area contributed by atoms with Crippen LogP contribution in [0.3, 0.4) is 0 Å². The lowest BCUT2D eigenvalue weighted by Gasteiger charge is -2.13. The third-order valence-corrected chi connectivity index (χ3v) is 4.14. The number of rotatable bonds is 7. The first-order chi connectivity index (χ1) is 10.4. The Kier molecular flexibility index (Phi) is 7.06. The second-order valence-corrected chi connectivity index (χ2v) is 6.15. The topological polar surface area (TPSA) is 82.8 Å². The highest BCUT2D eigenvalue weighted by molar-refractivity contribution is 8.00. The fourth-order valence-corrected chi connectivity index (χ4v) is 2.90. The van der Waals surface area contributed by atoms with Crippen molar-refractivity contribution < 1.29 is 9.59 Å². The lowest BCUT2D eigenvalue weighted by Crippen LogP contribution is -2.33. The van der Waals surface area contributed by atoms with Crippen molar-refractivity contribution in [2.75, 3.05) is 5.75 Å². The largest absolute Gasteiger partial charge is 0.353 e. The molecule has 0 radical (unpaired) electrons. The van der Waals surface area contributed by atoms with Gasteiger partial charge in [0.25, 0.3) is 0 Å². The maximum absolute atomic E-state index is 11.9. The zero-order chi connectivity index (χ0) is 16.7. The van der Waals surface area contributed by atoms with Gasteiger partial charge in [0.15, 0.2) is 5.78 Å². The number of carbonyl (C=O) groups is 2. The number of nitrogens with one attached hydrogen (secondary N) is 1. The number of thioether (sulfide) groups is 1. The molecule has 1 unspecified atom stereocenters. The number of aryl methyl sites for hydroxylation is 1. The van der Waals surface area contributed by atoms with Crippen molar-refractivity contribution in [2.24, 2.45) is 0 Å². The van der Waals surface area contributed by atoms with Crippen molar-refractivity contribution in [3.8, 4) is 6.07 Å². The lowest BCUT2D eigenvalue weighted by atomic mass is 10.1. The summed E-state index contributed by atoms with van der Waals surface area (Å²) in [6, 6.07) is 3.72. The standard InChI is InChI=1S/C16H21N3O2S/c1-5-6-10(2)18-15(21)9-22-16-13(8-17)7-14(12(4)20)11(3)19-16/h7,10H,5-6,9H2,1-4H3,(H,18,21). The van der Waals surface area contributed by atoms with E-state index < -0.39 is 0 Å². The fourth-order valence-electron chi connectivity index (χ4n) is 2.09. The Hall–Kier alpha value is -1.87. The Morgan fingerprint density at radius 3 is 2.73 bits per heavy atom. The van der Waals surface area contributed by atoms with E-state index in [-0.39, 0.29) is 23.5 Å². The average Bonchev–Trinajstić information content (AvgIpc) is 2.44. The summed E-state index contributed by atoms with van der Waals surface area (Å²) in [5.74, 6) is 0.00308. The molecule has 6 heteroatoms. The van der Waals surface area contributed by atoms with Crippen LogP contribution in [0.15, 0.2) is 11.1 Å². The summed E-state index contributed by atoms with van der Waals surface area (Å²) in [6.07, 6.45) is 1.95. The van der Waals surface area contributed by atoms with Crippen molar-refractivity contribution in [3.63, 3.8) is 0 Å². The minimum atomic E-state index is -0.121. The number of amides is 1. The van der Waals surface area contributed by atoms with Crippen LogP contribution in [-0.2, 0) is 4.79 Å². The number of nitriles is 1. The van der Waals surface area contributed by atoms with Crippen LogP contribution in [-0.4, -0.2) is 28.5 Å². The van der Waals surface area contributed by atoms with Crippen LogP contribution >= 0.6 is 11.8 Å². The first kappa shape index (κ1) is 18.2. The van der Waals surface area contributed by atoms with Gasteiger partial charge in [-0.3, -0.25) is 9.59 Å². The molecule has 22 heavy (non-hydrogen) atoms. The van der Waals surface area contributed by atoms with Crippen LogP contribution < -0.4 is 5.32 Å². The highest BCUT2D eigenvalue weighted by Gasteiger charge is 2.14. The summed E-state index contributed by atoms with van der Waals surface area (Å²) in [5, 5.41) is 12.6. The predicted octanol–water partition coefficient (Wildman–Crippen LogP) is 2.86. The molecule has 1 aromatic heterocycles. The summed E-state index contributed by atoms with van der Waals surface area (Å²) in [6.45, 7) is 7.21. The van der Waals surface area contributed by atoms with E-state index in [1.807, 2.05) is 13.0 Å². The van der Waals surface area contributed by atoms with Crippen molar-refractivity contribution >= 4 is 23.5 Å². The van der Waals surface area contributed by atoms with Crippen LogP contribution in [0.2, 0.25) is 0 Å². The molecule has 0 aromatic carbocycles. The van der Waals surface area contributed by atoms with E-state index >= 15 is 0 Å². The fraction of sp³-hybridized carbons (Fsp3) is 0.500. The lowest BCUT2D eigenvalue weighted by molar-refractivity contribution is -0.119. The number of carbonyl (C=O) groups excluding carboxylic acids is 2. The van der Waals surface area contributed by atoms with Crippen molar-refractivity contribution in [2.45, 2.75) is 51.6 Å². The van der Waals surface area contributed by atoms with Gasteiger partial charge in [-0.2, -0.15) is 5.26 Å².